The van der Waals surface area contributed by atoms with Gasteiger partial charge < -0.3 is 0 Å². The van der Waals surface area contributed by atoms with Gasteiger partial charge in [-0.2, -0.15) is 0 Å². The van der Waals surface area contributed by atoms with E-state index in [0.717, 1.165) is 42.0 Å². The molecular weight excluding hydrogens is 439 g/mol. The van der Waals surface area contributed by atoms with E-state index in [2.05, 4.69) is 56.0 Å². The predicted octanol–water partition coefficient (Wildman–Crippen LogP) is 10.0. The van der Waals surface area contributed by atoms with Crippen LogP contribution in [0.2, 0.25) is 0 Å². The molecule has 0 unspecified atom stereocenters. The second-order valence-electron chi connectivity index (χ2n) is 11.0. The molecule has 0 bridgehead atoms. The Morgan fingerprint density at radius 1 is 0.694 bits per heavy atom. The Morgan fingerprint density at radius 2 is 1.42 bits per heavy atom. The van der Waals surface area contributed by atoms with Crippen molar-refractivity contribution in [3.63, 3.8) is 0 Å². The Balaban J connectivity index is 1.27. The molecule has 1 aliphatic rings. The molecule has 1 heteroatoms. The van der Waals surface area contributed by atoms with Crippen LogP contribution in [-0.2, 0) is 12.8 Å². The standard InChI is InChI=1S/C35H43F/c1-3-5-6-7-9-27-10-12-28(13-11-27)14-15-29-16-18-30(19-17-29)20-22-32-23-24-33-26-31(8-4-2)21-25-34(33)35(32)36/h16-19,21,23-28H,3-15H2,1-2H3. The van der Waals surface area contributed by atoms with E-state index in [4.69, 9.17) is 0 Å². The molecule has 0 aromatic heterocycles. The molecule has 0 N–H and O–H groups in total. The summed E-state index contributed by atoms with van der Waals surface area (Å²) in [4.78, 5) is 0. The minimum atomic E-state index is -0.213. The van der Waals surface area contributed by atoms with E-state index in [-0.39, 0.29) is 5.82 Å². The maximum absolute atomic E-state index is 15.0. The summed E-state index contributed by atoms with van der Waals surface area (Å²) in [5.74, 6) is 7.90. The van der Waals surface area contributed by atoms with E-state index in [0.29, 0.717) is 10.9 Å². The van der Waals surface area contributed by atoms with Crippen LogP contribution in [0.3, 0.4) is 0 Å². The van der Waals surface area contributed by atoms with Crippen molar-refractivity contribution in [1.82, 2.24) is 0 Å². The molecule has 1 aliphatic carbocycles. The Kier molecular flexibility index (Phi) is 10.0. The normalized spacial score (nSPS) is 17.6. The number of rotatable bonds is 10. The Labute approximate surface area is 218 Å². The summed E-state index contributed by atoms with van der Waals surface area (Å²) in [5, 5.41) is 1.61. The van der Waals surface area contributed by atoms with Crippen LogP contribution in [-0.4, -0.2) is 0 Å². The van der Waals surface area contributed by atoms with Crippen LogP contribution < -0.4 is 0 Å². The van der Waals surface area contributed by atoms with Crippen LogP contribution in [0, 0.1) is 29.5 Å². The van der Waals surface area contributed by atoms with Crippen molar-refractivity contribution < 1.29 is 4.39 Å². The molecule has 1 saturated carbocycles. The lowest BCUT2D eigenvalue weighted by atomic mass is 9.77. The summed E-state index contributed by atoms with van der Waals surface area (Å²) in [6.45, 7) is 4.46. The van der Waals surface area contributed by atoms with Gasteiger partial charge in [0.2, 0.25) is 0 Å². The molecule has 4 rings (SSSR count). The average molecular weight is 483 g/mol. The molecule has 0 nitrogen and oxygen atoms in total. The van der Waals surface area contributed by atoms with E-state index >= 15 is 4.39 Å². The summed E-state index contributed by atoms with van der Waals surface area (Å²) in [5.41, 5.74) is 4.06. The Bertz CT molecular complexity index is 1150. The summed E-state index contributed by atoms with van der Waals surface area (Å²) >= 11 is 0. The largest absolute Gasteiger partial charge is 0.205 e. The highest BCUT2D eigenvalue weighted by Crippen LogP contribution is 2.34. The van der Waals surface area contributed by atoms with Gasteiger partial charge in [0.25, 0.3) is 0 Å². The topological polar surface area (TPSA) is 0 Å². The van der Waals surface area contributed by atoms with Gasteiger partial charge in [0.1, 0.15) is 5.82 Å². The van der Waals surface area contributed by atoms with Gasteiger partial charge in [-0.05, 0) is 65.8 Å². The van der Waals surface area contributed by atoms with E-state index in [9.17, 15) is 0 Å². The number of hydrogen-bond acceptors (Lipinski definition) is 0. The third-order valence-corrected chi connectivity index (χ3v) is 8.13. The predicted molar refractivity (Wildman–Crippen MR) is 153 cm³/mol. The number of fused-ring (bicyclic) bond motifs is 1. The van der Waals surface area contributed by atoms with Gasteiger partial charge in [-0.25, -0.2) is 4.39 Å². The molecule has 0 radical (unpaired) electrons. The SMILES string of the molecule is CCCCCCC1CCC(CCc2ccc(C#Cc3ccc4cc(CCC)ccc4c3F)cc2)CC1. The summed E-state index contributed by atoms with van der Waals surface area (Å²) in [7, 11) is 0. The summed E-state index contributed by atoms with van der Waals surface area (Å²) in [6.07, 6.45) is 17.3. The van der Waals surface area contributed by atoms with Gasteiger partial charge >= 0.3 is 0 Å². The van der Waals surface area contributed by atoms with Crippen LogP contribution in [0.25, 0.3) is 10.8 Å². The molecule has 0 saturated heterocycles. The van der Waals surface area contributed by atoms with Crippen LogP contribution in [0.15, 0.2) is 54.6 Å². The van der Waals surface area contributed by atoms with Crippen LogP contribution in [0.1, 0.15) is 107 Å². The molecule has 36 heavy (non-hydrogen) atoms. The zero-order valence-corrected chi connectivity index (χ0v) is 22.4. The zero-order valence-electron chi connectivity index (χ0n) is 22.4. The molecule has 0 amide bonds. The van der Waals surface area contributed by atoms with Crippen LogP contribution >= 0.6 is 0 Å². The fourth-order valence-corrected chi connectivity index (χ4v) is 5.82. The molecule has 0 spiro atoms. The molecule has 3 aromatic rings. The highest BCUT2D eigenvalue weighted by Gasteiger charge is 2.20. The van der Waals surface area contributed by atoms with Crippen molar-refractivity contribution in [3.05, 3.63) is 82.7 Å². The fraction of sp³-hybridized carbons (Fsp3) is 0.486. The van der Waals surface area contributed by atoms with Gasteiger partial charge in [0.05, 0.1) is 5.56 Å². The molecule has 190 valence electrons. The molecule has 0 atom stereocenters. The maximum Gasteiger partial charge on any atom is 0.146 e. The van der Waals surface area contributed by atoms with Gasteiger partial charge in [0.15, 0.2) is 0 Å². The van der Waals surface area contributed by atoms with Gasteiger partial charge in [-0.1, -0.05) is 126 Å². The first-order chi connectivity index (χ1) is 17.7. The highest BCUT2D eigenvalue weighted by atomic mass is 19.1. The highest BCUT2D eigenvalue weighted by molar-refractivity contribution is 5.85. The van der Waals surface area contributed by atoms with Crippen molar-refractivity contribution in [1.29, 1.82) is 0 Å². The summed E-state index contributed by atoms with van der Waals surface area (Å²) < 4.78 is 15.0. The number of hydrogen-bond donors (Lipinski definition) is 0. The minimum Gasteiger partial charge on any atom is -0.205 e. The van der Waals surface area contributed by atoms with Crippen LogP contribution in [0.4, 0.5) is 4.39 Å². The molecule has 0 heterocycles. The van der Waals surface area contributed by atoms with Crippen molar-refractivity contribution in [2.24, 2.45) is 11.8 Å². The Morgan fingerprint density at radius 3 is 2.14 bits per heavy atom. The third-order valence-electron chi connectivity index (χ3n) is 8.13. The van der Waals surface area contributed by atoms with Crippen LogP contribution in [0.5, 0.6) is 0 Å². The smallest absolute Gasteiger partial charge is 0.146 e. The van der Waals surface area contributed by atoms with E-state index in [1.807, 2.05) is 24.3 Å². The van der Waals surface area contributed by atoms with Gasteiger partial charge in [-0.15, -0.1) is 0 Å². The lowest BCUT2D eigenvalue weighted by Crippen LogP contribution is -2.15. The number of benzene rings is 3. The molecular formula is C35H43F. The fourth-order valence-electron chi connectivity index (χ4n) is 5.82. The van der Waals surface area contributed by atoms with E-state index < -0.39 is 0 Å². The van der Waals surface area contributed by atoms with E-state index in [1.165, 1.54) is 75.3 Å². The van der Waals surface area contributed by atoms with Crippen molar-refractivity contribution in [3.8, 4) is 11.8 Å². The van der Waals surface area contributed by atoms with Crippen molar-refractivity contribution >= 4 is 10.8 Å². The Hall–Kier alpha value is -2.59. The number of halogens is 1. The second kappa shape index (κ2) is 13.6. The summed E-state index contributed by atoms with van der Waals surface area (Å²) in [6, 6.07) is 18.4. The number of unbranched alkanes of at least 4 members (excludes halogenated alkanes) is 3. The van der Waals surface area contributed by atoms with Gasteiger partial charge in [0, 0.05) is 10.9 Å². The van der Waals surface area contributed by atoms with Crippen molar-refractivity contribution in [2.75, 3.05) is 0 Å². The zero-order chi connectivity index (χ0) is 25.2. The average Bonchev–Trinajstić information content (AvgIpc) is 2.91. The second-order valence-corrected chi connectivity index (χ2v) is 11.0. The lowest BCUT2D eigenvalue weighted by molar-refractivity contribution is 0.249. The van der Waals surface area contributed by atoms with E-state index in [1.54, 1.807) is 0 Å². The first-order valence-corrected chi connectivity index (χ1v) is 14.5. The lowest BCUT2D eigenvalue weighted by Gasteiger charge is -2.28. The first kappa shape index (κ1) is 26.5. The minimum absolute atomic E-state index is 0.213. The molecule has 3 aromatic carbocycles. The van der Waals surface area contributed by atoms with Gasteiger partial charge in [-0.3, -0.25) is 0 Å². The third kappa shape index (κ3) is 7.46. The monoisotopic (exact) mass is 482 g/mol. The first-order valence-electron chi connectivity index (χ1n) is 14.5. The quantitative estimate of drug-likeness (QED) is 0.199. The molecule has 0 aliphatic heterocycles. The number of aryl methyl sites for hydroxylation is 2. The van der Waals surface area contributed by atoms with Crippen molar-refractivity contribution in [2.45, 2.75) is 97.3 Å². The molecule has 1 fully saturated rings. The maximum atomic E-state index is 15.0.